The summed E-state index contributed by atoms with van der Waals surface area (Å²) in [4.78, 5) is 30.3. The van der Waals surface area contributed by atoms with E-state index in [1.54, 1.807) is 24.3 Å². The number of hydrogen-bond acceptors (Lipinski definition) is 5. The number of aryl methyl sites for hydroxylation is 1. The first-order valence-electron chi connectivity index (χ1n) is 10.7. The zero-order valence-electron chi connectivity index (χ0n) is 18.2. The lowest BCUT2D eigenvalue weighted by Gasteiger charge is -2.04. The van der Waals surface area contributed by atoms with E-state index in [-0.39, 0.29) is 5.78 Å². The summed E-state index contributed by atoms with van der Waals surface area (Å²) in [5.41, 5.74) is 4.78. The molecule has 5 nitrogen and oxygen atoms in total. The fourth-order valence-electron chi connectivity index (χ4n) is 4.04. The number of aromatic nitrogens is 1. The van der Waals surface area contributed by atoms with Gasteiger partial charge in [-0.3, -0.25) is 4.79 Å². The molecule has 7 heteroatoms. The molecule has 0 N–H and O–H groups in total. The quantitative estimate of drug-likeness (QED) is 0.0713. The Labute approximate surface area is 213 Å². The number of carbonyl (C=O) groups excluding carboxylic acids is 2. The lowest BCUT2D eigenvalue weighted by atomic mass is 10.0. The van der Waals surface area contributed by atoms with Gasteiger partial charge in [-0.1, -0.05) is 29.4 Å². The van der Waals surface area contributed by atoms with E-state index in [1.165, 1.54) is 11.3 Å². The van der Waals surface area contributed by atoms with Gasteiger partial charge in [-0.25, -0.2) is 4.79 Å². The van der Waals surface area contributed by atoms with E-state index in [2.05, 4.69) is 39.2 Å². The summed E-state index contributed by atoms with van der Waals surface area (Å²) in [5, 5.41) is 9.86. The molecule has 0 fully saturated rings. The van der Waals surface area contributed by atoms with Crippen molar-refractivity contribution in [2.45, 2.75) is 13.5 Å². The summed E-state index contributed by atoms with van der Waals surface area (Å²) in [6.07, 6.45) is 0. The van der Waals surface area contributed by atoms with Gasteiger partial charge in [0.1, 0.15) is 3.72 Å². The van der Waals surface area contributed by atoms with Crippen molar-refractivity contribution in [3.63, 3.8) is 0 Å². The molecule has 0 bridgehead atoms. The van der Waals surface area contributed by atoms with Crippen molar-refractivity contribution < 1.29 is 14.4 Å². The predicted octanol–water partition coefficient (Wildman–Crippen LogP) is 7.06. The molecule has 0 saturated carbocycles. The van der Waals surface area contributed by atoms with E-state index < -0.39 is 5.97 Å². The molecule has 5 aromatic rings. The normalized spacial score (nSPS) is 11.8. The molecule has 168 valence electrons. The second kappa shape index (κ2) is 9.52. The van der Waals surface area contributed by atoms with Gasteiger partial charge < -0.3 is 9.40 Å². The first kappa shape index (κ1) is 22.5. The highest BCUT2D eigenvalue weighted by molar-refractivity contribution is 14.1. The van der Waals surface area contributed by atoms with Crippen LogP contribution >= 0.6 is 33.9 Å². The molecular formula is C27H19IN2O3S. The molecule has 2 heterocycles. The van der Waals surface area contributed by atoms with Crippen LogP contribution in [-0.4, -0.2) is 20.0 Å². The minimum atomic E-state index is -0.505. The Balaban J connectivity index is 1.54. The van der Waals surface area contributed by atoms with Gasteiger partial charge in [-0.05, 0) is 83.4 Å². The fourth-order valence-corrected chi connectivity index (χ4v) is 5.11. The monoisotopic (exact) mass is 578 g/mol. The highest BCUT2D eigenvalue weighted by atomic mass is 127. The van der Waals surface area contributed by atoms with Gasteiger partial charge in [0.25, 0.3) is 0 Å². The average molecular weight is 578 g/mol. The van der Waals surface area contributed by atoms with Gasteiger partial charge in [0.05, 0.1) is 5.56 Å². The second-order valence-corrected chi connectivity index (χ2v) is 9.48. The zero-order chi connectivity index (χ0) is 23.7. The van der Waals surface area contributed by atoms with Crippen molar-refractivity contribution in [1.82, 2.24) is 4.57 Å². The van der Waals surface area contributed by atoms with E-state index in [0.29, 0.717) is 20.4 Å². The molecule has 0 saturated heterocycles. The SMILES string of the molecule is CCn1c2ccc(C(=O)c3ccsc3)cc2c2cc(/C(I)=N\OC(=O)c3ccccc3)ccc21. The first-order chi connectivity index (χ1) is 16.6. The molecule has 0 aliphatic rings. The number of hydrogen-bond donors (Lipinski definition) is 0. The van der Waals surface area contributed by atoms with Crippen LogP contribution in [0.3, 0.4) is 0 Å². The van der Waals surface area contributed by atoms with Crippen molar-refractivity contribution in [2.24, 2.45) is 5.16 Å². The van der Waals surface area contributed by atoms with Crippen LogP contribution in [0.1, 0.15) is 38.8 Å². The van der Waals surface area contributed by atoms with Crippen LogP contribution in [0.25, 0.3) is 21.8 Å². The molecule has 0 aliphatic carbocycles. The van der Waals surface area contributed by atoms with Crippen LogP contribution in [-0.2, 0) is 11.4 Å². The molecular weight excluding hydrogens is 559 g/mol. The van der Waals surface area contributed by atoms with Gasteiger partial charge in [0.2, 0.25) is 0 Å². The number of rotatable bonds is 6. The highest BCUT2D eigenvalue weighted by Crippen LogP contribution is 2.32. The summed E-state index contributed by atoms with van der Waals surface area (Å²) in [7, 11) is 0. The molecule has 3 aromatic carbocycles. The van der Waals surface area contributed by atoms with Crippen molar-refractivity contribution in [3.8, 4) is 0 Å². The number of carbonyl (C=O) groups is 2. The van der Waals surface area contributed by atoms with Crippen molar-refractivity contribution >= 4 is 71.2 Å². The molecule has 2 aromatic heterocycles. The maximum absolute atomic E-state index is 12.9. The number of nitrogens with zero attached hydrogens (tertiary/aromatic N) is 2. The van der Waals surface area contributed by atoms with Gasteiger partial charge in [0.15, 0.2) is 5.78 Å². The van der Waals surface area contributed by atoms with Crippen LogP contribution in [0.2, 0.25) is 0 Å². The molecule has 0 aliphatic heterocycles. The Hall–Kier alpha value is -3.30. The van der Waals surface area contributed by atoms with Crippen LogP contribution in [0.15, 0.2) is 88.7 Å². The van der Waals surface area contributed by atoms with Crippen LogP contribution in [0.4, 0.5) is 0 Å². The van der Waals surface area contributed by atoms with E-state index >= 15 is 0 Å². The molecule has 0 unspecified atom stereocenters. The molecule has 0 radical (unpaired) electrons. The van der Waals surface area contributed by atoms with Crippen molar-refractivity contribution in [2.75, 3.05) is 0 Å². The van der Waals surface area contributed by atoms with Crippen molar-refractivity contribution in [1.29, 1.82) is 0 Å². The molecule has 0 spiro atoms. The number of halogens is 1. The van der Waals surface area contributed by atoms with E-state index in [0.717, 1.165) is 33.9 Å². The molecule has 0 amide bonds. The van der Waals surface area contributed by atoms with Gasteiger partial charge in [-0.15, -0.1) is 0 Å². The zero-order valence-corrected chi connectivity index (χ0v) is 21.2. The third-order valence-corrected chi connectivity index (χ3v) is 7.19. The first-order valence-corrected chi connectivity index (χ1v) is 12.7. The Morgan fingerprint density at radius 3 is 2.21 bits per heavy atom. The van der Waals surface area contributed by atoms with Gasteiger partial charge in [0, 0.05) is 50.4 Å². The maximum Gasteiger partial charge on any atom is 0.365 e. The fraction of sp³-hybridized carbons (Fsp3) is 0.0741. The maximum atomic E-state index is 12.9. The Morgan fingerprint density at radius 2 is 1.56 bits per heavy atom. The predicted molar refractivity (Wildman–Crippen MR) is 145 cm³/mol. The summed E-state index contributed by atoms with van der Waals surface area (Å²) in [6.45, 7) is 2.91. The summed E-state index contributed by atoms with van der Waals surface area (Å²) in [5.74, 6) is -0.490. The largest absolute Gasteiger partial charge is 0.365 e. The molecule has 5 rings (SSSR count). The number of fused-ring (bicyclic) bond motifs is 3. The minimum Gasteiger partial charge on any atom is -0.341 e. The summed E-state index contributed by atoms with van der Waals surface area (Å²) >= 11 is 3.58. The Morgan fingerprint density at radius 1 is 0.882 bits per heavy atom. The third-order valence-electron chi connectivity index (χ3n) is 5.68. The number of thiophene rings is 1. The number of benzene rings is 3. The van der Waals surface area contributed by atoms with E-state index in [4.69, 9.17) is 4.84 Å². The lowest BCUT2D eigenvalue weighted by Crippen LogP contribution is -2.02. The lowest BCUT2D eigenvalue weighted by molar-refractivity contribution is 0.0518. The number of ketones is 1. The van der Waals surface area contributed by atoms with Crippen molar-refractivity contribution in [3.05, 3.63) is 106 Å². The third kappa shape index (κ3) is 4.17. The smallest absolute Gasteiger partial charge is 0.341 e. The highest BCUT2D eigenvalue weighted by Gasteiger charge is 2.16. The van der Waals surface area contributed by atoms with Gasteiger partial charge >= 0.3 is 5.97 Å². The van der Waals surface area contributed by atoms with Gasteiger partial charge in [-0.2, -0.15) is 11.3 Å². The second-order valence-electron chi connectivity index (χ2n) is 7.68. The standard InChI is InChI=1S/C27H19IN2O3S/c1-2-30-23-10-8-18(25(31)20-12-13-34-16-20)14-21(23)22-15-19(9-11-24(22)30)26(28)29-33-27(32)17-6-4-3-5-7-17/h3-16H,2H2,1H3/b29-26+. The van der Waals surface area contributed by atoms with Crippen LogP contribution in [0, 0.1) is 0 Å². The topological polar surface area (TPSA) is 60.7 Å². The Kier molecular flexibility index (Phi) is 6.30. The van der Waals surface area contributed by atoms with Crippen LogP contribution in [0.5, 0.6) is 0 Å². The van der Waals surface area contributed by atoms with E-state index in [9.17, 15) is 9.59 Å². The molecule has 0 atom stereocenters. The minimum absolute atomic E-state index is 0.0145. The summed E-state index contributed by atoms with van der Waals surface area (Å²) < 4.78 is 2.79. The average Bonchev–Trinajstić information content (AvgIpc) is 3.53. The number of oxime groups is 1. The Bertz CT molecular complexity index is 1550. The van der Waals surface area contributed by atoms with E-state index in [1.807, 2.05) is 59.3 Å². The molecule has 34 heavy (non-hydrogen) atoms. The van der Waals surface area contributed by atoms with Crippen LogP contribution < -0.4 is 0 Å². The summed E-state index contributed by atoms with van der Waals surface area (Å²) in [6, 6.07) is 22.5.